The van der Waals surface area contributed by atoms with Crippen molar-refractivity contribution in [3.05, 3.63) is 42.2 Å². The van der Waals surface area contributed by atoms with Gasteiger partial charge in [-0.2, -0.15) is 5.26 Å². The summed E-state index contributed by atoms with van der Waals surface area (Å²) in [7, 11) is 0. The Balaban J connectivity index is 2.42. The predicted molar refractivity (Wildman–Crippen MR) is 65.5 cm³/mol. The number of carbonyl (C=O) groups excluding carboxylic acids is 1. The maximum absolute atomic E-state index is 12.0. The maximum Gasteiger partial charge on any atom is 0.166 e. The molecule has 1 unspecified atom stereocenters. The highest BCUT2D eigenvalue weighted by atomic mass is 16.1. The van der Waals surface area contributed by atoms with Crippen molar-refractivity contribution in [3.8, 4) is 6.07 Å². The molecule has 1 aromatic heterocycles. The smallest absolute Gasteiger partial charge is 0.166 e. The zero-order valence-electron chi connectivity index (χ0n) is 9.55. The second-order valence-electron chi connectivity index (χ2n) is 4.07. The van der Waals surface area contributed by atoms with Crippen LogP contribution in [0, 0.1) is 17.2 Å². The van der Waals surface area contributed by atoms with Crippen LogP contribution in [0.25, 0.3) is 10.8 Å². The van der Waals surface area contributed by atoms with Gasteiger partial charge in [-0.05, 0) is 12.3 Å². The standard InChI is InChI=1S/C14H12N2O/c1-10(7-15)6-14(17)13-9-16-8-11-4-2-3-5-12(11)13/h2-5,8-10H,6H2,1H3. The van der Waals surface area contributed by atoms with Crippen molar-refractivity contribution in [1.29, 1.82) is 5.26 Å². The molecule has 0 fully saturated rings. The van der Waals surface area contributed by atoms with Crippen molar-refractivity contribution in [3.63, 3.8) is 0 Å². The van der Waals surface area contributed by atoms with E-state index in [1.165, 1.54) is 0 Å². The molecule has 0 amide bonds. The van der Waals surface area contributed by atoms with Crippen LogP contribution in [-0.2, 0) is 0 Å². The van der Waals surface area contributed by atoms with E-state index >= 15 is 0 Å². The molecule has 1 atom stereocenters. The molecular weight excluding hydrogens is 212 g/mol. The first-order chi connectivity index (χ1) is 8.22. The van der Waals surface area contributed by atoms with Gasteiger partial charge in [0.25, 0.3) is 0 Å². The van der Waals surface area contributed by atoms with Gasteiger partial charge in [0.05, 0.1) is 12.0 Å². The summed E-state index contributed by atoms with van der Waals surface area (Å²) >= 11 is 0. The lowest BCUT2D eigenvalue weighted by molar-refractivity contribution is 0.0974. The van der Waals surface area contributed by atoms with Crippen LogP contribution in [0.1, 0.15) is 23.7 Å². The fraction of sp³-hybridized carbons (Fsp3) is 0.214. The topological polar surface area (TPSA) is 53.8 Å². The first-order valence-corrected chi connectivity index (χ1v) is 5.48. The van der Waals surface area contributed by atoms with E-state index in [0.717, 1.165) is 10.8 Å². The largest absolute Gasteiger partial charge is 0.294 e. The Labute approximate surface area is 99.7 Å². The molecule has 0 aliphatic rings. The third kappa shape index (κ3) is 2.31. The number of hydrogen-bond acceptors (Lipinski definition) is 3. The Hall–Kier alpha value is -2.21. The fourth-order valence-electron chi connectivity index (χ4n) is 1.77. The normalized spacial score (nSPS) is 12.0. The van der Waals surface area contributed by atoms with E-state index in [1.54, 1.807) is 19.3 Å². The minimum Gasteiger partial charge on any atom is -0.294 e. The Morgan fingerprint density at radius 2 is 2.18 bits per heavy atom. The number of rotatable bonds is 3. The fourth-order valence-corrected chi connectivity index (χ4v) is 1.77. The molecule has 2 aromatic rings. The van der Waals surface area contributed by atoms with Crippen LogP contribution in [0.3, 0.4) is 0 Å². The summed E-state index contributed by atoms with van der Waals surface area (Å²) in [6.45, 7) is 1.75. The van der Waals surface area contributed by atoms with E-state index in [1.807, 2.05) is 24.3 Å². The third-order valence-electron chi connectivity index (χ3n) is 2.68. The Morgan fingerprint density at radius 3 is 2.94 bits per heavy atom. The summed E-state index contributed by atoms with van der Waals surface area (Å²) < 4.78 is 0. The van der Waals surface area contributed by atoms with Crippen molar-refractivity contribution < 1.29 is 4.79 Å². The molecule has 84 valence electrons. The number of benzene rings is 1. The SMILES string of the molecule is CC(C#N)CC(=O)c1cncc2ccccc12. The van der Waals surface area contributed by atoms with E-state index in [-0.39, 0.29) is 18.1 Å². The predicted octanol–water partition coefficient (Wildman–Crippen LogP) is 2.97. The van der Waals surface area contributed by atoms with Gasteiger partial charge in [-0.25, -0.2) is 0 Å². The van der Waals surface area contributed by atoms with Gasteiger partial charge < -0.3 is 0 Å². The van der Waals surface area contributed by atoms with Crippen molar-refractivity contribution >= 4 is 16.6 Å². The summed E-state index contributed by atoms with van der Waals surface area (Å²) in [5.41, 5.74) is 0.602. The first kappa shape index (κ1) is 11.3. The molecule has 0 saturated carbocycles. The lowest BCUT2D eigenvalue weighted by Gasteiger charge is -2.05. The van der Waals surface area contributed by atoms with Gasteiger partial charge in [-0.15, -0.1) is 0 Å². The summed E-state index contributed by atoms with van der Waals surface area (Å²) in [6.07, 6.45) is 3.56. The van der Waals surface area contributed by atoms with Gasteiger partial charge in [0.2, 0.25) is 0 Å². The van der Waals surface area contributed by atoms with Crippen LogP contribution in [0.5, 0.6) is 0 Å². The van der Waals surface area contributed by atoms with Gasteiger partial charge in [0, 0.05) is 29.8 Å². The maximum atomic E-state index is 12.0. The number of pyridine rings is 1. The molecular formula is C14H12N2O. The molecule has 0 aliphatic heterocycles. The van der Waals surface area contributed by atoms with Crippen molar-refractivity contribution in [2.45, 2.75) is 13.3 Å². The number of aromatic nitrogens is 1. The van der Waals surface area contributed by atoms with Gasteiger partial charge in [-0.3, -0.25) is 9.78 Å². The van der Waals surface area contributed by atoms with Crippen LogP contribution in [-0.4, -0.2) is 10.8 Å². The molecule has 0 radical (unpaired) electrons. The average molecular weight is 224 g/mol. The number of carbonyl (C=O) groups is 1. The van der Waals surface area contributed by atoms with Crippen LogP contribution >= 0.6 is 0 Å². The van der Waals surface area contributed by atoms with E-state index < -0.39 is 0 Å². The highest BCUT2D eigenvalue weighted by Gasteiger charge is 2.13. The quantitative estimate of drug-likeness (QED) is 0.753. The monoisotopic (exact) mass is 224 g/mol. The third-order valence-corrected chi connectivity index (χ3v) is 2.68. The summed E-state index contributed by atoms with van der Waals surface area (Å²) in [5, 5.41) is 10.6. The number of nitriles is 1. The molecule has 1 aromatic carbocycles. The number of Topliss-reactive ketones (excluding diaryl/α,β-unsaturated/α-hetero) is 1. The lowest BCUT2D eigenvalue weighted by atomic mass is 9.98. The van der Waals surface area contributed by atoms with E-state index in [9.17, 15) is 4.79 Å². The van der Waals surface area contributed by atoms with Crippen molar-refractivity contribution in [1.82, 2.24) is 4.98 Å². The Morgan fingerprint density at radius 1 is 1.41 bits per heavy atom. The van der Waals surface area contributed by atoms with Gasteiger partial charge in [0.1, 0.15) is 0 Å². The van der Waals surface area contributed by atoms with Crippen LogP contribution < -0.4 is 0 Å². The zero-order valence-corrected chi connectivity index (χ0v) is 9.55. The molecule has 3 nitrogen and oxygen atoms in total. The van der Waals surface area contributed by atoms with E-state index in [4.69, 9.17) is 5.26 Å². The number of fused-ring (bicyclic) bond motifs is 1. The lowest BCUT2D eigenvalue weighted by Crippen LogP contribution is -2.05. The van der Waals surface area contributed by atoms with Crippen LogP contribution in [0.15, 0.2) is 36.7 Å². The molecule has 0 N–H and O–H groups in total. The van der Waals surface area contributed by atoms with Gasteiger partial charge >= 0.3 is 0 Å². The minimum atomic E-state index is -0.263. The molecule has 0 bridgehead atoms. The zero-order chi connectivity index (χ0) is 12.3. The molecule has 0 saturated heterocycles. The van der Waals surface area contributed by atoms with E-state index in [2.05, 4.69) is 11.1 Å². The van der Waals surface area contributed by atoms with Crippen LogP contribution in [0.4, 0.5) is 0 Å². The molecule has 0 aliphatic carbocycles. The highest BCUT2D eigenvalue weighted by molar-refractivity contribution is 6.07. The van der Waals surface area contributed by atoms with Crippen molar-refractivity contribution in [2.24, 2.45) is 5.92 Å². The average Bonchev–Trinajstić information content (AvgIpc) is 2.37. The molecule has 3 heteroatoms. The molecule has 2 rings (SSSR count). The Kier molecular flexibility index (Phi) is 3.15. The van der Waals surface area contributed by atoms with Gasteiger partial charge in [-0.1, -0.05) is 24.3 Å². The highest BCUT2D eigenvalue weighted by Crippen LogP contribution is 2.19. The van der Waals surface area contributed by atoms with Crippen molar-refractivity contribution in [2.75, 3.05) is 0 Å². The first-order valence-electron chi connectivity index (χ1n) is 5.48. The second kappa shape index (κ2) is 4.75. The van der Waals surface area contributed by atoms with E-state index in [0.29, 0.717) is 5.56 Å². The molecule has 1 heterocycles. The number of hydrogen-bond donors (Lipinski definition) is 0. The van der Waals surface area contributed by atoms with Gasteiger partial charge in [0.15, 0.2) is 5.78 Å². The number of ketones is 1. The summed E-state index contributed by atoms with van der Waals surface area (Å²) in [4.78, 5) is 16.1. The Bertz CT molecular complexity index is 593. The summed E-state index contributed by atoms with van der Waals surface area (Å²) in [5.74, 6) is -0.287. The second-order valence-corrected chi connectivity index (χ2v) is 4.07. The van der Waals surface area contributed by atoms with Crippen LogP contribution in [0.2, 0.25) is 0 Å². The number of nitrogens with zero attached hydrogens (tertiary/aromatic N) is 2. The molecule has 17 heavy (non-hydrogen) atoms. The summed E-state index contributed by atoms with van der Waals surface area (Å²) in [6, 6.07) is 9.71. The minimum absolute atomic E-state index is 0.0247. The molecule has 0 spiro atoms.